The molecule has 0 radical (unpaired) electrons. The Morgan fingerprint density at radius 2 is 1.04 bits per heavy atom. The molecular weight excluding hydrogens is 359 g/mol. The summed E-state index contributed by atoms with van der Waals surface area (Å²) < 4.78 is 25.7. The maximum absolute atomic E-state index is 12.9. The molecule has 0 saturated carbocycles. The Balaban J connectivity index is 2.28. The molecule has 7 heteroatoms. The topological polar surface area (TPSA) is 74.6 Å². The van der Waals surface area contributed by atoms with Crippen molar-refractivity contribution in [1.82, 2.24) is 0 Å². The first kappa shape index (κ1) is 15.9. The summed E-state index contributed by atoms with van der Waals surface area (Å²) in [6.07, 6.45) is 0. The minimum atomic E-state index is -4.19. The third-order valence-corrected chi connectivity index (χ3v) is 5.99. The molecule has 0 atom stereocenters. The van der Waals surface area contributed by atoms with Crippen LogP contribution in [0.2, 0.25) is 10.0 Å². The van der Waals surface area contributed by atoms with Gasteiger partial charge in [0.15, 0.2) is 11.5 Å². The lowest BCUT2D eigenvalue weighted by atomic mass is 10.1. The molecule has 0 aromatic heterocycles. The molecule has 1 heterocycles. The molecule has 0 unspecified atom stereocenters. The molecule has 118 valence electrons. The summed E-state index contributed by atoms with van der Waals surface area (Å²) in [5.74, 6) is -1.49. The summed E-state index contributed by atoms with van der Waals surface area (Å²) in [7, 11) is -4.19. The molecule has 0 spiro atoms. The van der Waals surface area contributed by atoms with Gasteiger partial charge in [-0.3, -0.25) is 0 Å². The lowest BCUT2D eigenvalue weighted by Crippen LogP contribution is -2.04. The number of aliphatic hydroxyl groups is 2. The summed E-state index contributed by atoms with van der Waals surface area (Å²) in [6, 6.07) is 12.3. The minimum Gasteiger partial charge on any atom is -0.503 e. The molecule has 1 aliphatic heterocycles. The highest BCUT2D eigenvalue weighted by Gasteiger charge is 2.41. The van der Waals surface area contributed by atoms with Gasteiger partial charge in [-0.15, -0.1) is 0 Å². The second-order valence-corrected chi connectivity index (χ2v) is 7.46. The van der Waals surface area contributed by atoms with E-state index < -0.39 is 31.2 Å². The quantitative estimate of drug-likeness (QED) is 0.813. The third-order valence-electron chi connectivity index (χ3n) is 3.43. The van der Waals surface area contributed by atoms with Crippen molar-refractivity contribution in [2.75, 3.05) is 0 Å². The standard InChI is InChI=1S/C16H10Cl2O4S/c17-11-7-3-1-5-9(11)15-13(19)14(20)16(23(15,21)22)10-6-2-4-8-12(10)18/h1-8,19-20H. The van der Waals surface area contributed by atoms with Crippen LogP contribution in [0.3, 0.4) is 0 Å². The first-order valence-corrected chi connectivity index (χ1v) is 8.71. The van der Waals surface area contributed by atoms with Crippen molar-refractivity contribution >= 4 is 42.8 Å². The molecule has 0 bridgehead atoms. The fraction of sp³-hybridized carbons (Fsp3) is 0. The van der Waals surface area contributed by atoms with Crippen LogP contribution in [-0.2, 0) is 9.84 Å². The number of hydrogen-bond acceptors (Lipinski definition) is 4. The summed E-state index contributed by atoms with van der Waals surface area (Å²) in [6.45, 7) is 0. The van der Waals surface area contributed by atoms with Gasteiger partial charge in [0.2, 0.25) is 9.84 Å². The lowest BCUT2D eigenvalue weighted by molar-refractivity contribution is 0.334. The molecule has 2 N–H and O–H groups in total. The Hall–Kier alpha value is -1.95. The van der Waals surface area contributed by atoms with E-state index in [0.29, 0.717) is 0 Å². The van der Waals surface area contributed by atoms with Gasteiger partial charge >= 0.3 is 0 Å². The van der Waals surface area contributed by atoms with E-state index in [4.69, 9.17) is 23.2 Å². The van der Waals surface area contributed by atoms with E-state index in [1.54, 1.807) is 24.3 Å². The van der Waals surface area contributed by atoms with Crippen molar-refractivity contribution in [2.45, 2.75) is 0 Å². The molecular formula is C16H10Cl2O4S. The maximum Gasteiger partial charge on any atom is 0.215 e. The fourth-order valence-corrected chi connectivity index (χ4v) is 4.82. The van der Waals surface area contributed by atoms with E-state index in [0.717, 1.165) is 0 Å². The number of rotatable bonds is 2. The van der Waals surface area contributed by atoms with Crippen LogP contribution in [0.1, 0.15) is 11.1 Å². The zero-order chi connectivity index (χ0) is 16.8. The van der Waals surface area contributed by atoms with Crippen molar-refractivity contribution in [3.8, 4) is 0 Å². The van der Waals surface area contributed by atoms with E-state index in [2.05, 4.69) is 0 Å². The largest absolute Gasteiger partial charge is 0.503 e. The highest BCUT2D eigenvalue weighted by Crippen LogP contribution is 2.46. The SMILES string of the molecule is O=S1(=O)C(c2ccccc2Cl)=C(O)C(O)=C1c1ccccc1Cl. The van der Waals surface area contributed by atoms with Crippen molar-refractivity contribution in [2.24, 2.45) is 0 Å². The number of aliphatic hydroxyl groups excluding tert-OH is 2. The van der Waals surface area contributed by atoms with Crippen LogP contribution >= 0.6 is 23.2 Å². The smallest absolute Gasteiger partial charge is 0.215 e. The highest BCUT2D eigenvalue weighted by atomic mass is 35.5. The Bertz CT molecular complexity index is 902. The van der Waals surface area contributed by atoms with Crippen LogP contribution < -0.4 is 0 Å². The van der Waals surface area contributed by atoms with E-state index in [-0.39, 0.29) is 21.2 Å². The van der Waals surface area contributed by atoms with Crippen LogP contribution in [0.25, 0.3) is 9.81 Å². The highest BCUT2D eigenvalue weighted by molar-refractivity contribution is 8.09. The van der Waals surface area contributed by atoms with E-state index in [1.807, 2.05) is 0 Å². The van der Waals surface area contributed by atoms with Gasteiger partial charge in [0.05, 0.1) is 0 Å². The normalized spacial score (nSPS) is 17.0. The molecule has 1 aliphatic rings. The predicted molar refractivity (Wildman–Crippen MR) is 90.9 cm³/mol. The Labute approximate surface area is 142 Å². The zero-order valence-corrected chi connectivity index (χ0v) is 13.8. The Morgan fingerprint density at radius 3 is 1.39 bits per heavy atom. The van der Waals surface area contributed by atoms with E-state index in [1.165, 1.54) is 24.3 Å². The lowest BCUT2D eigenvalue weighted by Gasteiger charge is -2.09. The Morgan fingerprint density at radius 1 is 0.696 bits per heavy atom. The van der Waals surface area contributed by atoms with Crippen molar-refractivity contribution in [1.29, 1.82) is 0 Å². The zero-order valence-electron chi connectivity index (χ0n) is 11.5. The summed E-state index contributed by atoms with van der Waals surface area (Å²) in [5, 5.41) is 20.7. The van der Waals surface area contributed by atoms with Crippen LogP contribution in [0.15, 0.2) is 60.0 Å². The summed E-state index contributed by atoms with van der Waals surface area (Å²) >= 11 is 12.1. The molecule has 3 rings (SSSR count). The first-order chi connectivity index (χ1) is 10.9. The molecule has 4 nitrogen and oxygen atoms in total. The Kier molecular flexibility index (Phi) is 3.88. The molecule has 0 fully saturated rings. The number of hydrogen-bond donors (Lipinski definition) is 2. The van der Waals surface area contributed by atoms with Crippen molar-refractivity contribution < 1.29 is 18.6 Å². The fourth-order valence-electron chi connectivity index (χ4n) is 2.41. The number of halogens is 2. The van der Waals surface area contributed by atoms with Crippen LogP contribution in [0, 0.1) is 0 Å². The molecule has 23 heavy (non-hydrogen) atoms. The van der Waals surface area contributed by atoms with Gasteiger partial charge < -0.3 is 10.2 Å². The van der Waals surface area contributed by atoms with Crippen molar-refractivity contribution in [3.63, 3.8) is 0 Å². The molecule has 0 amide bonds. The average molecular weight is 369 g/mol. The molecule has 0 saturated heterocycles. The van der Waals surface area contributed by atoms with Gasteiger partial charge in [-0.1, -0.05) is 59.6 Å². The van der Waals surface area contributed by atoms with E-state index >= 15 is 0 Å². The van der Waals surface area contributed by atoms with Crippen LogP contribution in [0.4, 0.5) is 0 Å². The van der Waals surface area contributed by atoms with Gasteiger partial charge in [-0.2, -0.15) is 0 Å². The molecule has 2 aromatic carbocycles. The monoisotopic (exact) mass is 368 g/mol. The summed E-state index contributed by atoms with van der Waals surface area (Å²) in [5.41, 5.74) is 0.223. The second-order valence-electron chi connectivity index (χ2n) is 4.82. The van der Waals surface area contributed by atoms with Crippen LogP contribution in [0.5, 0.6) is 0 Å². The third kappa shape index (κ3) is 2.41. The minimum absolute atomic E-state index is 0.111. The predicted octanol–water partition coefficient (Wildman–Crippen LogP) is 4.58. The maximum atomic E-state index is 12.9. The summed E-state index contributed by atoms with van der Waals surface area (Å²) in [4.78, 5) is -0.869. The average Bonchev–Trinajstić information content (AvgIpc) is 2.67. The van der Waals surface area contributed by atoms with E-state index in [9.17, 15) is 18.6 Å². The number of benzene rings is 2. The molecule has 2 aromatic rings. The van der Waals surface area contributed by atoms with Gasteiger partial charge in [-0.05, 0) is 12.1 Å². The van der Waals surface area contributed by atoms with Gasteiger partial charge in [0, 0.05) is 21.2 Å². The number of sulfone groups is 1. The van der Waals surface area contributed by atoms with Gasteiger partial charge in [0.25, 0.3) is 0 Å². The molecule has 0 aliphatic carbocycles. The van der Waals surface area contributed by atoms with Crippen LogP contribution in [-0.4, -0.2) is 18.6 Å². The first-order valence-electron chi connectivity index (χ1n) is 6.47. The van der Waals surface area contributed by atoms with Gasteiger partial charge in [0.1, 0.15) is 9.81 Å². The van der Waals surface area contributed by atoms with Gasteiger partial charge in [-0.25, -0.2) is 8.42 Å². The van der Waals surface area contributed by atoms with Crippen molar-refractivity contribution in [3.05, 3.63) is 81.2 Å². The second kappa shape index (κ2) is 5.60.